The highest BCUT2D eigenvalue weighted by molar-refractivity contribution is 5.71. The molecule has 0 radical (unpaired) electrons. The van der Waals surface area contributed by atoms with E-state index in [2.05, 4.69) is 19.1 Å². The lowest BCUT2D eigenvalue weighted by atomic mass is 9.77. The topological polar surface area (TPSA) is 0 Å². The summed E-state index contributed by atoms with van der Waals surface area (Å²) in [5.41, 5.74) is 3.57. The van der Waals surface area contributed by atoms with Crippen LogP contribution in [0.25, 0.3) is 22.3 Å². The maximum atomic E-state index is 15.0. The fourth-order valence-electron chi connectivity index (χ4n) is 5.01. The van der Waals surface area contributed by atoms with Crippen molar-refractivity contribution in [1.29, 1.82) is 0 Å². The van der Waals surface area contributed by atoms with Gasteiger partial charge in [0.25, 0.3) is 0 Å². The SMILES string of the molecule is C/C=C/CCC1CCC(c2ccc(-c3ccc(-c4ccc(C)c(F)c4F)cc3)cc2F)CC1. The number of halogens is 3. The molecule has 0 amide bonds. The molecule has 0 saturated heterocycles. The number of hydrogen-bond acceptors (Lipinski definition) is 0. The highest BCUT2D eigenvalue weighted by Gasteiger charge is 2.24. The van der Waals surface area contributed by atoms with Crippen molar-refractivity contribution >= 4 is 0 Å². The first-order valence-electron chi connectivity index (χ1n) is 11.9. The van der Waals surface area contributed by atoms with Crippen molar-refractivity contribution in [1.82, 2.24) is 0 Å². The third kappa shape index (κ3) is 5.24. The van der Waals surface area contributed by atoms with Crippen molar-refractivity contribution in [3.63, 3.8) is 0 Å². The third-order valence-corrected chi connectivity index (χ3v) is 7.07. The van der Waals surface area contributed by atoms with Gasteiger partial charge in [-0.3, -0.25) is 0 Å². The van der Waals surface area contributed by atoms with Gasteiger partial charge in [-0.25, -0.2) is 13.2 Å². The van der Waals surface area contributed by atoms with E-state index in [1.807, 2.05) is 24.3 Å². The van der Waals surface area contributed by atoms with Gasteiger partial charge < -0.3 is 0 Å². The highest BCUT2D eigenvalue weighted by Crippen LogP contribution is 2.39. The summed E-state index contributed by atoms with van der Waals surface area (Å²) in [6.45, 7) is 3.60. The van der Waals surface area contributed by atoms with Crippen molar-refractivity contribution in [3.8, 4) is 22.3 Å². The molecule has 1 aliphatic carbocycles. The summed E-state index contributed by atoms with van der Waals surface area (Å²) in [7, 11) is 0. The van der Waals surface area contributed by atoms with Gasteiger partial charge in [0.15, 0.2) is 11.6 Å². The molecule has 3 heteroatoms. The van der Waals surface area contributed by atoms with Crippen LogP contribution in [0.1, 0.15) is 62.5 Å². The summed E-state index contributed by atoms with van der Waals surface area (Å²) >= 11 is 0. The standard InChI is InChI=1S/C30H31F3/c1-3-4-5-6-21-8-10-23(11-9-21)26-18-16-25(19-28(26)31)22-12-14-24(15-13-22)27-17-7-20(2)29(32)30(27)33/h3-4,7,12-19,21,23H,5-6,8-11H2,1-2H3/b4-3+. The third-order valence-electron chi connectivity index (χ3n) is 7.07. The number of hydrogen-bond donors (Lipinski definition) is 0. The maximum Gasteiger partial charge on any atom is 0.166 e. The van der Waals surface area contributed by atoms with Crippen LogP contribution in [0.2, 0.25) is 0 Å². The van der Waals surface area contributed by atoms with E-state index in [4.69, 9.17) is 0 Å². The number of allylic oxidation sites excluding steroid dienone is 2. The Morgan fingerprint density at radius 1 is 0.788 bits per heavy atom. The van der Waals surface area contributed by atoms with E-state index in [9.17, 15) is 8.78 Å². The first kappa shape index (κ1) is 23.4. The monoisotopic (exact) mass is 448 g/mol. The zero-order chi connectivity index (χ0) is 23.4. The first-order chi connectivity index (χ1) is 16.0. The minimum absolute atomic E-state index is 0.152. The minimum Gasteiger partial charge on any atom is -0.207 e. The van der Waals surface area contributed by atoms with E-state index in [1.165, 1.54) is 19.3 Å². The van der Waals surface area contributed by atoms with Crippen molar-refractivity contribution in [2.24, 2.45) is 5.92 Å². The average molecular weight is 449 g/mol. The van der Waals surface area contributed by atoms with Gasteiger partial charge in [0.2, 0.25) is 0 Å². The molecule has 0 heterocycles. The largest absolute Gasteiger partial charge is 0.207 e. The molecule has 0 nitrogen and oxygen atoms in total. The van der Waals surface area contributed by atoms with Gasteiger partial charge in [0, 0.05) is 5.56 Å². The van der Waals surface area contributed by atoms with E-state index in [0.29, 0.717) is 11.5 Å². The fraction of sp³-hybridized carbons (Fsp3) is 0.333. The van der Waals surface area contributed by atoms with Crippen molar-refractivity contribution in [3.05, 3.63) is 95.3 Å². The van der Waals surface area contributed by atoms with Crippen molar-refractivity contribution < 1.29 is 13.2 Å². The van der Waals surface area contributed by atoms with Gasteiger partial charge in [-0.1, -0.05) is 60.7 Å². The van der Waals surface area contributed by atoms with Crippen molar-refractivity contribution in [2.45, 2.75) is 58.3 Å². The number of aryl methyl sites for hydroxylation is 1. The van der Waals surface area contributed by atoms with Gasteiger partial charge >= 0.3 is 0 Å². The van der Waals surface area contributed by atoms with Crippen LogP contribution in [0.5, 0.6) is 0 Å². The van der Waals surface area contributed by atoms with Gasteiger partial charge in [0.05, 0.1) is 0 Å². The molecule has 1 fully saturated rings. The lowest BCUT2D eigenvalue weighted by Crippen LogP contribution is -2.14. The maximum absolute atomic E-state index is 15.0. The van der Waals surface area contributed by atoms with Gasteiger partial charge in [0.1, 0.15) is 5.82 Å². The Morgan fingerprint density at radius 3 is 2.12 bits per heavy atom. The molecule has 3 aromatic carbocycles. The molecule has 1 aliphatic rings. The van der Waals surface area contributed by atoms with Crippen LogP contribution in [0.15, 0.2) is 66.7 Å². The summed E-state index contributed by atoms with van der Waals surface area (Å²) in [5.74, 6) is -0.764. The molecule has 0 spiro atoms. The molecule has 33 heavy (non-hydrogen) atoms. The normalized spacial score (nSPS) is 18.7. The summed E-state index contributed by atoms with van der Waals surface area (Å²) in [5, 5.41) is 0. The van der Waals surface area contributed by atoms with Crippen LogP contribution in [0.4, 0.5) is 13.2 Å². The molecular formula is C30H31F3. The van der Waals surface area contributed by atoms with Crippen LogP contribution in [-0.2, 0) is 0 Å². The van der Waals surface area contributed by atoms with Gasteiger partial charge in [-0.05, 0) is 98.1 Å². The Labute approximate surface area is 195 Å². The molecule has 3 aromatic rings. The molecular weight excluding hydrogens is 417 g/mol. The smallest absolute Gasteiger partial charge is 0.166 e. The second kappa shape index (κ2) is 10.4. The highest BCUT2D eigenvalue weighted by atomic mass is 19.2. The Bertz CT molecular complexity index is 1120. The molecule has 172 valence electrons. The zero-order valence-electron chi connectivity index (χ0n) is 19.4. The molecule has 1 saturated carbocycles. The quantitative estimate of drug-likeness (QED) is 0.330. The Balaban J connectivity index is 1.46. The van der Waals surface area contributed by atoms with Crippen LogP contribution < -0.4 is 0 Å². The van der Waals surface area contributed by atoms with Crippen molar-refractivity contribution in [2.75, 3.05) is 0 Å². The molecule has 0 unspecified atom stereocenters. The van der Waals surface area contributed by atoms with Gasteiger partial charge in [-0.2, -0.15) is 0 Å². The zero-order valence-corrected chi connectivity index (χ0v) is 19.4. The molecule has 0 aromatic heterocycles. The van der Waals surface area contributed by atoms with Crippen LogP contribution in [0, 0.1) is 30.3 Å². The van der Waals surface area contributed by atoms with E-state index in [-0.39, 0.29) is 16.9 Å². The van der Waals surface area contributed by atoms with E-state index in [1.54, 1.807) is 37.3 Å². The van der Waals surface area contributed by atoms with E-state index in [0.717, 1.165) is 41.9 Å². The molecule has 0 atom stereocenters. The van der Waals surface area contributed by atoms with Crippen LogP contribution in [0.3, 0.4) is 0 Å². The molecule has 4 rings (SSSR count). The average Bonchev–Trinajstić information content (AvgIpc) is 2.83. The molecule has 0 bridgehead atoms. The van der Waals surface area contributed by atoms with Gasteiger partial charge in [-0.15, -0.1) is 0 Å². The predicted octanol–water partition coefficient (Wildman–Crippen LogP) is 9.38. The Hall–Kier alpha value is -2.81. The van der Waals surface area contributed by atoms with Crippen LogP contribution >= 0.6 is 0 Å². The Morgan fingerprint density at radius 2 is 1.45 bits per heavy atom. The number of rotatable bonds is 6. The summed E-state index contributed by atoms with van der Waals surface area (Å²) < 4.78 is 43.3. The molecule has 0 aliphatic heterocycles. The summed E-state index contributed by atoms with van der Waals surface area (Å²) in [4.78, 5) is 0. The second-order valence-corrected chi connectivity index (χ2v) is 9.24. The lowest BCUT2D eigenvalue weighted by molar-refractivity contribution is 0.308. The first-order valence-corrected chi connectivity index (χ1v) is 11.9. The number of benzene rings is 3. The van der Waals surface area contributed by atoms with Crippen LogP contribution in [-0.4, -0.2) is 0 Å². The fourth-order valence-corrected chi connectivity index (χ4v) is 5.01. The van der Waals surface area contributed by atoms with E-state index >= 15 is 4.39 Å². The summed E-state index contributed by atoms with van der Waals surface area (Å²) in [6, 6.07) is 15.8. The lowest BCUT2D eigenvalue weighted by Gasteiger charge is -2.29. The van der Waals surface area contributed by atoms with E-state index < -0.39 is 11.6 Å². The summed E-state index contributed by atoms with van der Waals surface area (Å²) in [6.07, 6.45) is 11.1. The minimum atomic E-state index is -0.838. The molecule has 0 N–H and O–H groups in total. The Kier molecular flexibility index (Phi) is 7.37. The predicted molar refractivity (Wildman–Crippen MR) is 131 cm³/mol. The second-order valence-electron chi connectivity index (χ2n) is 9.24.